The van der Waals surface area contributed by atoms with E-state index in [0.29, 0.717) is 0 Å². The van der Waals surface area contributed by atoms with Crippen molar-refractivity contribution < 1.29 is 10.2 Å². The van der Waals surface area contributed by atoms with Crippen molar-refractivity contribution in [3.05, 3.63) is 35.6 Å². The Balaban J connectivity index is 2.74. The van der Waals surface area contributed by atoms with Crippen LogP contribution in [0.5, 0.6) is 0 Å². The third-order valence-corrected chi connectivity index (χ3v) is 1.39. The second-order valence-corrected chi connectivity index (χ2v) is 2.17. The van der Waals surface area contributed by atoms with Crippen LogP contribution in [0.4, 0.5) is 0 Å². The molecular formula is C8H9O2. The topological polar surface area (TPSA) is 40.1 Å². The third kappa shape index (κ3) is 1.48. The van der Waals surface area contributed by atoms with Gasteiger partial charge in [0.2, 0.25) is 0 Å². The highest BCUT2D eigenvalue weighted by Gasteiger charge is 1.99. The second-order valence-electron chi connectivity index (χ2n) is 2.17. The van der Waals surface area contributed by atoms with Gasteiger partial charge in [0.1, 0.15) is 6.61 Å². The lowest BCUT2D eigenvalue weighted by atomic mass is 10.0. The number of rotatable bonds is 1. The van der Waals surface area contributed by atoms with Gasteiger partial charge in [-0.15, -0.1) is 0 Å². The van der Waals surface area contributed by atoms with Gasteiger partial charge in [-0.05, 0) is 17.6 Å². The molecule has 0 bridgehead atoms. The molecule has 0 saturated heterocycles. The van der Waals surface area contributed by atoms with Gasteiger partial charge in [-0.3, -0.25) is 0 Å². The summed E-state index contributed by atoms with van der Waals surface area (Å²) < 4.78 is 0. The van der Waals surface area contributed by atoms with Gasteiger partial charge in [-0.2, -0.15) is 0 Å². The SMILES string of the molecule is [O]CC1=CC(=CO)CC=C1. The highest BCUT2D eigenvalue weighted by atomic mass is 16.3. The highest BCUT2D eigenvalue weighted by Crippen LogP contribution is 2.14. The monoisotopic (exact) mass is 137 g/mol. The van der Waals surface area contributed by atoms with E-state index in [4.69, 9.17) is 5.11 Å². The minimum absolute atomic E-state index is 0.214. The van der Waals surface area contributed by atoms with Crippen LogP contribution in [0.1, 0.15) is 6.42 Å². The first-order chi connectivity index (χ1) is 4.86. The van der Waals surface area contributed by atoms with E-state index < -0.39 is 0 Å². The standard InChI is InChI=1S/C8H9O2/c9-5-7-2-1-3-8(4-7)6-10/h1-2,4,6,10H,3,5H2. The van der Waals surface area contributed by atoms with Crippen molar-refractivity contribution in [3.63, 3.8) is 0 Å². The van der Waals surface area contributed by atoms with Crippen LogP contribution in [-0.4, -0.2) is 11.7 Å². The maximum atomic E-state index is 10.3. The molecule has 2 nitrogen and oxygen atoms in total. The van der Waals surface area contributed by atoms with Crippen LogP contribution in [0.15, 0.2) is 35.6 Å². The zero-order valence-electron chi connectivity index (χ0n) is 5.58. The molecule has 0 saturated carbocycles. The highest BCUT2D eigenvalue weighted by molar-refractivity contribution is 5.35. The summed E-state index contributed by atoms with van der Waals surface area (Å²) in [5.41, 5.74) is 1.53. The molecule has 1 rings (SSSR count). The van der Waals surface area contributed by atoms with E-state index in [1.807, 2.05) is 6.08 Å². The van der Waals surface area contributed by atoms with Crippen molar-refractivity contribution in [1.82, 2.24) is 0 Å². The Labute approximate surface area is 59.8 Å². The summed E-state index contributed by atoms with van der Waals surface area (Å²) >= 11 is 0. The van der Waals surface area contributed by atoms with E-state index >= 15 is 0 Å². The summed E-state index contributed by atoms with van der Waals surface area (Å²) in [5, 5.41) is 18.9. The first-order valence-electron chi connectivity index (χ1n) is 3.15. The minimum Gasteiger partial charge on any atom is -0.515 e. The van der Waals surface area contributed by atoms with Gasteiger partial charge in [0.25, 0.3) is 0 Å². The van der Waals surface area contributed by atoms with Gasteiger partial charge >= 0.3 is 0 Å². The fourth-order valence-electron chi connectivity index (χ4n) is 0.871. The molecule has 1 N–H and O–H groups in total. The number of allylic oxidation sites excluding steroid dienone is 3. The first-order valence-corrected chi connectivity index (χ1v) is 3.15. The van der Waals surface area contributed by atoms with Crippen molar-refractivity contribution in [2.75, 3.05) is 6.61 Å². The normalized spacial score (nSPS) is 21.3. The summed E-state index contributed by atoms with van der Waals surface area (Å²) in [6, 6.07) is 0. The summed E-state index contributed by atoms with van der Waals surface area (Å²) in [4.78, 5) is 0. The van der Waals surface area contributed by atoms with Gasteiger partial charge in [-0.25, -0.2) is 5.11 Å². The van der Waals surface area contributed by atoms with Crippen molar-refractivity contribution >= 4 is 0 Å². The fourth-order valence-corrected chi connectivity index (χ4v) is 0.871. The Kier molecular flexibility index (Phi) is 2.29. The maximum absolute atomic E-state index is 10.3. The molecule has 0 fully saturated rings. The fraction of sp³-hybridized carbons (Fsp3) is 0.250. The number of aliphatic hydroxyl groups is 1. The average molecular weight is 137 g/mol. The summed E-state index contributed by atoms with van der Waals surface area (Å²) in [7, 11) is 0. The molecule has 0 aliphatic heterocycles. The lowest BCUT2D eigenvalue weighted by molar-refractivity contribution is 0.226. The van der Waals surface area contributed by atoms with E-state index in [1.165, 1.54) is 0 Å². The third-order valence-electron chi connectivity index (χ3n) is 1.39. The quantitative estimate of drug-likeness (QED) is 0.549. The summed E-state index contributed by atoms with van der Waals surface area (Å²) in [5.74, 6) is 0. The molecule has 10 heavy (non-hydrogen) atoms. The number of hydrogen-bond acceptors (Lipinski definition) is 1. The van der Waals surface area contributed by atoms with Gasteiger partial charge < -0.3 is 5.11 Å². The van der Waals surface area contributed by atoms with Crippen LogP contribution in [0.3, 0.4) is 0 Å². The Morgan fingerprint density at radius 1 is 1.70 bits per heavy atom. The van der Waals surface area contributed by atoms with E-state index in [0.717, 1.165) is 23.8 Å². The molecule has 1 aliphatic rings. The van der Waals surface area contributed by atoms with Crippen molar-refractivity contribution in [2.45, 2.75) is 6.42 Å². The predicted octanol–water partition coefficient (Wildman–Crippen LogP) is 1.75. The summed E-state index contributed by atoms with van der Waals surface area (Å²) in [6.45, 7) is -0.214. The molecule has 0 aromatic carbocycles. The molecule has 0 amide bonds. The van der Waals surface area contributed by atoms with Crippen molar-refractivity contribution in [2.24, 2.45) is 0 Å². The minimum atomic E-state index is -0.214. The van der Waals surface area contributed by atoms with Crippen LogP contribution in [0.25, 0.3) is 0 Å². The zero-order valence-corrected chi connectivity index (χ0v) is 5.58. The molecule has 0 aromatic heterocycles. The molecule has 0 unspecified atom stereocenters. The molecule has 1 aliphatic carbocycles. The molecule has 0 aromatic rings. The van der Waals surface area contributed by atoms with Crippen LogP contribution < -0.4 is 0 Å². The maximum Gasteiger partial charge on any atom is 0.107 e. The lowest BCUT2D eigenvalue weighted by Gasteiger charge is -2.03. The number of aliphatic hydroxyl groups excluding tert-OH is 1. The van der Waals surface area contributed by atoms with Crippen molar-refractivity contribution in [1.29, 1.82) is 0 Å². The van der Waals surface area contributed by atoms with Gasteiger partial charge in [0, 0.05) is 0 Å². The molecule has 0 heterocycles. The Bertz CT molecular complexity index is 199. The Hall–Kier alpha value is -1.02. The van der Waals surface area contributed by atoms with Gasteiger partial charge in [0.05, 0.1) is 6.26 Å². The van der Waals surface area contributed by atoms with Crippen molar-refractivity contribution in [3.8, 4) is 0 Å². The van der Waals surface area contributed by atoms with E-state index in [-0.39, 0.29) is 6.61 Å². The van der Waals surface area contributed by atoms with Crippen LogP contribution >= 0.6 is 0 Å². The molecular weight excluding hydrogens is 128 g/mol. The zero-order chi connectivity index (χ0) is 7.40. The predicted molar refractivity (Wildman–Crippen MR) is 38.1 cm³/mol. The van der Waals surface area contributed by atoms with E-state index in [9.17, 15) is 5.11 Å². The van der Waals surface area contributed by atoms with Gasteiger partial charge in [-0.1, -0.05) is 18.2 Å². The molecule has 0 atom stereocenters. The largest absolute Gasteiger partial charge is 0.515 e. The van der Waals surface area contributed by atoms with E-state index in [2.05, 4.69) is 0 Å². The van der Waals surface area contributed by atoms with Crippen LogP contribution in [0, 0.1) is 0 Å². The average Bonchev–Trinajstić information content (AvgIpc) is 2.05. The molecule has 2 heteroatoms. The molecule has 1 radical (unpaired) electrons. The summed E-state index contributed by atoms with van der Waals surface area (Å²) in [6.07, 6.45) is 7.14. The molecule has 53 valence electrons. The van der Waals surface area contributed by atoms with Crippen LogP contribution in [-0.2, 0) is 5.11 Å². The Morgan fingerprint density at radius 3 is 3.10 bits per heavy atom. The molecule has 0 spiro atoms. The second kappa shape index (κ2) is 3.22. The number of hydrogen-bond donors (Lipinski definition) is 1. The van der Waals surface area contributed by atoms with E-state index in [1.54, 1.807) is 12.2 Å². The Morgan fingerprint density at radius 2 is 2.50 bits per heavy atom. The van der Waals surface area contributed by atoms with Crippen LogP contribution in [0.2, 0.25) is 0 Å². The first kappa shape index (κ1) is 7.09. The lowest BCUT2D eigenvalue weighted by Crippen LogP contribution is -1.91. The van der Waals surface area contributed by atoms with Gasteiger partial charge in [0.15, 0.2) is 0 Å². The smallest absolute Gasteiger partial charge is 0.107 e.